The molecule has 0 heterocycles. The van der Waals surface area contributed by atoms with Gasteiger partial charge in [0.15, 0.2) is 0 Å². The van der Waals surface area contributed by atoms with Crippen molar-refractivity contribution in [2.45, 2.75) is 13.5 Å². The first-order valence-electron chi connectivity index (χ1n) is 6.01. The molecule has 2 aromatic rings. The Morgan fingerprint density at radius 3 is 2.81 bits per heavy atom. The molecule has 1 N–H and O–H groups in total. The predicted molar refractivity (Wildman–Crippen MR) is 84.3 cm³/mol. The molecule has 2 rings (SSSR count). The first kappa shape index (κ1) is 15.7. The van der Waals surface area contributed by atoms with Gasteiger partial charge in [0, 0.05) is 18.3 Å². The molecule has 0 amide bonds. The number of halogens is 3. The number of nitrogens with zero attached hydrogens (tertiary/aromatic N) is 1. The zero-order valence-corrected chi connectivity index (χ0v) is 13.3. The van der Waals surface area contributed by atoms with Crippen LogP contribution in [0.2, 0.25) is 5.02 Å². The molecule has 0 bridgehead atoms. The number of nitro benzene ring substituents is 1. The molecule has 0 spiro atoms. The van der Waals surface area contributed by atoms with E-state index in [1.807, 2.05) is 0 Å². The molecule has 0 aliphatic heterocycles. The van der Waals surface area contributed by atoms with Gasteiger partial charge in [-0.3, -0.25) is 10.1 Å². The molecule has 4 nitrogen and oxygen atoms in total. The Hall–Kier alpha value is -1.66. The Balaban J connectivity index is 2.29. The van der Waals surface area contributed by atoms with Crippen LogP contribution in [0.15, 0.2) is 34.8 Å². The standard InChI is InChI=1S/C14H11BrClFN2O2/c1-8-5-12(17)10(15)6-13(8)18-7-9-11(16)3-2-4-14(9)19(20)21/h2-6,18H,7H2,1H3. The summed E-state index contributed by atoms with van der Waals surface area (Å²) in [6.45, 7) is 1.92. The van der Waals surface area contributed by atoms with Gasteiger partial charge in [-0.05, 0) is 46.6 Å². The van der Waals surface area contributed by atoms with Gasteiger partial charge in [-0.2, -0.15) is 0 Å². The predicted octanol–water partition coefficient (Wildman–Crippen LogP) is 5.07. The second kappa shape index (κ2) is 6.41. The van der Waals surface area contributed by atoms with Crippen molar-refractivity contribution in [3.63, 3.8) is 0 Å². The van der Waals surface area contributed by atoms with E-state index in [-0.39, 0.29) is 18.0 Å². The monoisotopic (exact) mass is 372 g/mol. The first-order valence-corrected chi connectivity index (χ1v) is 7.18. The highest BCUT2D eigenvalue weighted by molar-refractivity contribution is 9.10. The number of hydrogen-bond donors (Lipinski definition) is 1. The first-order chi connectivity index (χ1) is 9.90. The molecule has 0 radical (unpaired) electrons. The number of hydrogen-bond acceptors (Lipinski definition) is 3. The van der Waals surface area contributed by atoms with E-state index < -0.39 is 4.92 Å². The Morgan fingerprint density at radius 1 is 1.43 bits per heavy atom. The van der Waals surface area contributed by atoms with Gasteiger partial charge in [-0.15, -0.1) is 0 Å². The van der Waals surface area contributed by atoms with Gasteiger partial charge in [0.05, 0.1) is 20.0 Å². The molecule has 0 aliphatic rings. The summed E-state index contributed by atoms with van der Waals surface area (Å²) < 4.78 is 13.7. The van der Waals surface area contributed by atoms with Crippen LogP contribution in [-0.2, 0) is 6.54 Å². The van der Waals surface area contributed by atoms with Crippen molar-refractivity contribution in [1.29, 1.82) is 0 Å². The lowest BCUT2D eigenvalue weighted by Gasteiger charge is -2.12. The van der Waals surface area contributed by atoms with Crippen molar-refractivity contribution in [2.75, 3.05) is 5.32 Å². The summed E-state index contributed by atoms with van der Waals surface area (Å²) in [7, 11) is 0. The Kier molecular flexibility index (Phi) is 4.80. The highest BCUT2D eigenvalue weighted by Gasteiger charge is 2.16. The molecule has 0 saturated heterocycles. The van der Waals surface area contributed by atoms with Crippen molar-refractivity contribution < 1.29 is 9.31 Å². The fourth-order valence-corrected chi connectivity index (χ4v) is 2.49. The van der Waals surface area contributed by atoms with Crippen LogP contribution in [0.4, 0.5) is 15.8 Å². The molecule has 0 unspecified atom stereocenters. The van der Waals surface area contributed by atoms with Crippen molar-refractivity contribution in [1.82, 2.24) is 0 Å². The van der Waals surface area contributed by atoms with E-state index in [2.05, 4.69) is 21.2 Å². The number of rotatable bonds is 4. The average molecular weight is 374 g/mol. The summed E-state index contributed by atoms with van der Waals surface area (Å²) in [5.41, 5.74) is 1.72. The molecule has 0 aromatic heterocycles. The topological polar surface area (TPSA) is 55.2 Å². The molecule has 2 aromatic carbocycles. The molecular formula is C14H11BrClFN2O2. The molecule has 7 heteroatoms. The van der Waals surface area contributed by atoms with Gasteiger partial charge in [0.25, 0.3) is 5.69 Å². The zero-order chi connectivity index (χ0) is 15.6. The van der Waals surface area contributed by atoms with Gasteiger partial charge in [-0.1, -0.05) is 17.7 Å². The number of benzene rings is 2. The third kappa shape index (κ3) is 3.51. The Labute approximate surface area is 134 Å². The third-order valence-corrected chi connectivity index (χ3v) is 3.98. The normalized spacial score (nSPS) is 10.5. The van der Waals surface area contributed by atoms with Crippen molar-refractivity contribution >= 4 is 38.9 Å². The number of aryl methyl sites for hydroxylation is 1. The van der Waals surface area contributed by atoms with Crippen molar-refractivity contribution in [3.05, 3.63) is 66.9 Å². The molecule has 0 atom stereocenters. The lowest BCUT2D eigenvalue weighted by molar-refractivity contribution is -0.385. The van der Waals surface area contributed by atoms with E-state index in [1.165, 1.54) is 18.2 Å². The smallest absolute Gasteiger partial charge is 0.275 e. The summed E-state index contributed by atoms with van der Waals surface area (Å²) in [5, 5.41) is 14.4. The van der Waals surface area contributed by atoms with E-state index in [4.69, 9.17) is 11.6 Å². The van der Waals surface area contributed by atoms with E-state index in [1.54, 1.807) is 19.1 Å². The van der Waals surface area contributed by atoms with Gasteiger partial charge >= 0.3 is 0 Å². The van der Waals surface area contributed by atoms with Gasteiger partial charge in [-0.25, -0.2) is 4.39 Å². The molecule has 110 valence electrons. The number of anilines is 1. The van der Waals surface area contributed by atoms with E-state index in [9.17, 15) is 14.5 Å². The SMILES string of the molecule is Cc1cc(F)c(Br)cc1NCc1c(Cl)cccc1[N+](=O)[O-]. The fourth-order valence-electron chi connectivity index (χ4n) is 1.91. The summed E-state index contributed by atoms with van der Waals surface area (Å²) in [4.78, 5) is 10.5. The minimum Gasteiger partial charge on any atom is -0.380 e. The van der Waals surface area contributed by atoms with Crippen LogP contribution in [0.5, 0.6) is 0 Å². The maximum atomic E-state index is 13.4. The molecular weight excluding hydrogens is 363 g/mol. The molecule has 0 fully saturated rings. The quantitative estimate of drug-likeness (QED) is 0.601. The second-order valence-corrected chi connectivity index (χ2v) is 5.69. The van der Waals surface area contributed by atoms with Gasteiger partial charge in [0.1, 0.15) is 5.82 Å². The van der Waals surface area contributed by atoms with E-state index in [0.717, 1.165) is 0 Å². The lowest BCUT2D eigenvalue weighted by atomic mass is 10.1. The highest BCUT2D eigenvalue weighted by Crippen LogP contribution is 2.29. The van der Waals surface area contributed by atoms with Crippen LogP contribution >= 0.6 is 27.5 Å². The van der Waals surface area contributed by atoms with Crippen LogP contribution in [-0.4, -0.2) is 4.92 Å². The average Bonchev–Trinajstić information content (AvgIpc) is 2.42. The van der Waals surface area contributed by atoms with Gasteiger partial charge < -0.3 is 5.32 Å². The fraction of sp³-hybridized carbons (Fsp3) is 0.143. The highest BCUT2D eigenvalue weighted by atomic mass is 79.9. The summed E-state index contributed by atoms with van der Waals surface area (Å²) >= 11 is 9.13. The largest absolute Gasteiger partial charge is 0.380 e. The minimum atomic E-state index is -0.476. The summed E-state index contributed by atoms with van der Waals surface area (Å²) in [5.74, 6) is -0.359. The minimum absolute atomic E-state index is 0.0474. The summed E-state index contributed by atoms with van der Waals surface area (Å²) in [6.07, 6.45) is 0. The number of nitrogens with one attached hydrogen (secondary N) is 1. The lowest BCUT2D eigenvalue weighted by Crippen LogP contribution is -2.05. The van der Waals surface area contributed by atoms with Crippen LogP contribution in [0, 0.1) is 22.9 Å². The van der Waals surface area contributed by atoms with E-state index in [0.29, 0.717) is 26.3 Å². The Bertz CT molecular complexity index is 710. The molecule has 0 saturated carbocycles. The maximum Gasteiger partial charge on any atom is 0.275 e. The van der Waals surface area contributed by atoms with Crippen molar-refractivity contribution in [3.8, 4) is 0 Å². The maximum absolute atomic E-state index is 13.4. The van der Waals surface area contributed by atoms with Gasteiger partial charge in [0.2, 0.25) is 0 Å². The second-order valence-electron chi connectivity index (χ2n) is 4.43. The molecule has 0 aliphatic carbocycles. The number of nitro groups is 1. The van der Waals surface area contributed by atoms with Crippen LogP contribution in [0.1, 0.15) is 11.1 Å². The summed E-state index contributed by atoms with van der Waals surface area (Å²) in [6, 6.07) is 7.50. The van der Waals surface area contributed by atoms with Crippen LogP contribution < -0.4 is 5.32 Å². The Morgan fingerprint density at radius 2 is 2.14 bits per heavy atom. The third-order valence-electron chi connectivity index (χ3n) is 3.01. The van der Waals surface area contributed by atoms with Crippen molar-refractivity contribution in [2.24, 2.45) is 0 Å². The molecule has 21 heavy (non-hydrogen) atoms. The van der Waals surface area contributed by atoms with E-state index >= 15 is 0 Å². The van der Waals surface area contributed by atoms with Crippen LogP contribution in [0.3, 0.4) is 0 Å². The zero-order valence-electron chi connectivity index (χ0n) is 11.0. The van der Waals surface area contributed by atoms with Crippen LogP contribution in [0.25, 0.3) is 0 Å².